The van der Waals surface area contributed by atoms with Gasteiger partial charge >= 0.3 is 0 Å². The molecular formula is C14H16N2O. The second kappa shape index (κ2) is 4.24. The number of aromatic nitrogens is 1. The fourth-order valence-electron chi connectivity index (χ4n) is 2.36. The number of aryl methyl sites for hydroxylation is 1. The quantitative estimate of drug-likeness (QED) is 0.813. The van der Waals surface area contributed by atoms with E-state index in [2.05, 4.69) is 35.6 Å². The van der Waals surface area contributed by atoms with Crippen LogP contribution in [0.25, 0.3) is 11.3 Å². The van der Waals surface area contributed by atoms with Crippen molar-refractivity contribution < 1.29 is 4.52 Å². The maximum absolute atomic E-state index is 5.42. The highest BCUT2D eigenvalue weighted by Crippen LogP contribution is 2.33. The first-order valence-corrected chi connectivity index (χ1v) is 6.14. The first-order valence-electron chi connectivity index (χ1n) is 6.14. The molecule has 3 heteroatoms. The van der Waals surface area contributed by atoms with Gasteiger partial charge in [-0.3, -0.25) is 0 Å². The van der Waals surface area contributed by atoms with Crippen molar-refractivity contribution in [3.63, 3.8) is 0 Å². The summed E-state index contributed by atoms with van der Waals surface area (Å²) in [7, 11) is 0. The molecule has 0 amide bonds. The molecule has 0 saturated carbocycles. The Labute approximate surface area is 101 Å². The molecule has 2 aromatic rings. The van der Waals surface area contributed by atoms with Gasteiger partial charge in [0.25, 0.3) is 0 Å². The maximum atomic E-state index is 5.42. The average Bonchev–Trinajstić information content (AvgIpc) is 2.59. The number of rotatable bonds is 1. The molecule has 1 aromatic carbocycles. The van der Waals surface area contributed by atoms with Crippen molar-refractivity contribution in [2.24, 2.45) is 0 Å². The van der Waals surface area contributed by atoms with E-state index in [9.17, 15) is 0 Å². The summed E-state index contributed by atoms with van der Waals surface area (Å²) in [6, 6.07) is 8.32. The minimum atomic E-state index is 0.862. The maximum Gasteiger partial charge on any atom is 0.228 e. The lowest BCUT2D eigenvalue weighted by atomic mass is 10.0. The zero-order chi connectivity index (χ0) is 11.7. The van der Waals surface area contributed by atoms with Gasteiger partial charge in [-0.15, -0.1) is 0 Å². The van der Waals surface area contributed by atoms with Crippen molar-refractivity contribution in [3.8, 4) is 11.3 Å². The molecule has 1 aliphatic rings. The van der Waals surface area contributed by atoms with Crippen molar-refractivity contribution in [1.29, 1.82) is 0 Å². The van der Waals surface area contributed by atoms with Crippen molar-refractivity contribution in [1.82, 2.24) is 5.16 Å². The lowest BCUT2D eigenvalue weighted by Crippen LogP contribution is -1.97. The third-order valence-electron chi connectivity index (χ3n) is 3.33. The highest BCUT2D eigenvalue weighted by atomic mass is 16.5. The summed E-state index contributed by atoms with van der Waals surface area (Å²) in [6.07, 6.45) is 3.44. The molecule has 0 fully saturated rings. The fourth-order valence-corrected chi connectivity index (χ4v) is 2.36. The third kappa shape index (κ3) is 1.82. The first kappa shape index (κ1) is 10.4. The molecule has 1 aliphatic heterocycles. The average molecular weight is 228 g/mol. The molecule has 0 spiro atoms. The molecule has 3 rings (SSSR count). The van der Waals surface area contributed by atoms with Gasteiger partial charge < -0.3 is 9.84 Å². The van der Waals surface area contributed by atoms with E-state index in [1.54, 1.807) is 0 Å². The van der Waals surface area contributed by atoms with Crippen LogP contribution in [0.5, 0.6) is 0 Å². The van der Waals surface area contributed by atoms with E-state index in [-0.39, 0.29) is 0 Å². The predicted molar refractivity (Wildman–Crippen MR) is 68.1 cm³/mol. The zero-order valence-corrected chi connectivity index (χ0v) is 9.99. The molecule has 17 heavy (non-hydrogen) atoms. The summed E-state index contributed by atoms with van der Waals surface area (Å²) < 4.78 is 5.42. The van der Waals surface area contributed by atoms with Crippen LogP contribution >= 0.6 is 0 Å². The lowest BCUT2D eigenvalue weighted by molar-refractivity contribution is 0.434. The van der Waals surface area contributed by atoms with Gasteiger partial charge in [-0.1, -0.05) is 29.4 Å². The zero-order valence-electron chi connectivity index (χ0n) is 9.99. The summed E-state index contributed by atoms with van der Waals surface area (Å²) in [4.78, 5) is 0. The van der Waals surface area contributed by atoms with E-state index in [4.69, 9.17) is 4.52 Å². The number of hydrogen-bond donors (Lipinski definition) is 1. The molecule has 0 radical (unpaired) electrons. The predicted octanol–water partition coefficient (Wildman–Crippen LogP) is 3.40. The van der Waals surface area contributed by atoms with Crippen LogP contribution in [0.2, 0.25) is 0 Å². The van der Waals surface area contributed by atoms with E-state index < -0.39 is 0 Å². The van der Waals surface area contributed by atoms with Gasteiger partial charge in [0.15, 0.2) is 0 Å². The minimum Gasteiger partial charge on any atom is -0.354 e. The summed E-state index contributed by atoms with van der Waals surface area (Å²) in [5.74, 6) is 0.862. The summed E-state index contributed by atoms with van der Waals surface area (Å²) in [5, 5.41) is 7.54. The van der Waals surface area contributed by atoms with Crippen LogP contribution < -0.4 is 5.32 Å². The van der Waals surface area contributed by atoms with Crippen LogP contribution in [0.1, 0.15) is 24.0 Å². The van der Waals surface area contributed by atoms with Crippen molar-refractivity contribution >= 4 is 5.88 Å². The monoisotopic (exact) mass is 228 g/mol. The van der Waals surface area contributed by atoms with Crippen LogP contribution in [0.15, 0.2) is 28.8 Å². The van der Waals surface area contributed by atoms with Gasteiger partial charge in [-0.2, -0.15) is 0 Å². The Morgan fingerprint density at radius 1 is 1.24 bits per heavy atom. The highest BCUT2D eigenvalue weighted by molar-refractivity contribution is 5.70. The molecule has 3 nitrogen and oxygen atoms in total. The number of anilines is 1. The van der Waals surface area contributed by atoms with Gasteiger partial charge in [-0.25, -0.2) is 0 Å². The van der Waals surface area contributed by atoms with Crippen molar-refractivity contribution in [3.05, 3.63) is 35.4 Å². The SMILES string of the molecule is Cc1ccccc1-c1noc2c1CCCCN2. The topological polar surface area (TPSA) is 38.1 Å². The van der Waals surface area contributed by atoms with E-state index >= 15 is 0 Å². The summed E-state index contributed by atoms with van der Waals surface area (Å²) >= 11 is 0. The number of nitrogens with zero attached hydrogens (tertiary/aromatic N) is 1. The summed E-state index contributed by atoms with van der Waals surface area (Å²) in [6.45, 7) is 3.09. The molecular weight excluding hydrogens is 212 g/mol. The van der Waals surface area contributed by atoms with Gasteiger partial charge in [0, 0.05) is 17.7 Å². The minimum absolute atomic E-state index is 0.862. The second-order valence-corrected chi connectivity index (χ2v) is 4.54. The number of nitrogens with one attached hydrogen (secondary N) is 1. The molecule has 0 saturated heterocycles. The second-order valence-electron chi connectivity index (χ2n) is 4.54. The van der Waals surface area contributed by atoms with E-state index in [0.717, 1.165) is 24.5 Å². The Bertz CT molecular complexity index is 531. The van der Waals surface area contributed by atoms with Crippen LogP contribution in [0.3, 0.4) is 0 Å². The van der Waals surface area contributed by atoms with Gasteiger partial charge in [0.1, 0.15) is 5.69 Å². The molecule has 2 heterocycles. The Hall–Kier alpha value is -1.77. The van der Waals surface area contributed by atoms with E-state index in [0.29, 0.717) is 0 Å². The molecule has 1 aromatic heterocycles. The third-order valence-corrected chi connectivity index (χ3v) is 3.33. The fraction of sp³-hybridized carbons (Fsp3) is 0.357. The molecule has 1 N–H and O–H groups in total. The van der Waals surface area contributed by atoms with Crippen LogP contribution in [0, 0.1) is 6.92 Å². The number of hydrogen-bond acceptors (Lipinski definition) is 3. The Morgan fingerprint density at radius 3 is 3.00 bits per heavy atom. The molecule has 0 atom stereocenters. The Balaban J connectivity index is 2.10. The van der Waals surface area contributed by atoms with Crippen molar-refractivity contribution in [2.75, 3.05) is 11.9 Å². The van der Waals surface area contributed by atoms with E-state index in [1.165, 1.54) is 29.5 Å². The Morgan fingerprint density at radius 2 is 2.12 bits per heavy atom. The highest BCUT2D eigenvalue weighted by Gasteiger charge is 2.19. The standard InChI is InChI=1S/C14H16N2O/c1-10-6-2-3-7-11(10)13-12-8-4-5-9-15-14(12)17-16-13/h2-3,6-7,15H,4-5,8-9H2,1H3. The van der Waals surface area contributed by atoms with Crippen molar-refractivity contribution in [2.45, 2.75) is 26.2 Å². The van der Waals surface area contributed by atoms with Crippen LogP contribution in [-0.4, -0.2) is 11.7 Å². The van der Waals surface area contributed by atoms with Gasteiger partial charge in [0.05, 0.1) is 0 Å². The van der Waals surface area contributed by atoms with Crippen LogP contribution in [-0.2, 0) is 6.42 Å². The van der Waals surface area contributed by atoms with E-state index in [1.807, 2.05) is 6.07 Å². The molecule has 0 aliphatic carbocycles. The molecule has 88 valence electrons. The summed E-state index contributed by atoms with van der Waals surface area (Å²) in [5.41, 5.74) is 4.67. The van der Waals surface area contributed by atoms with Crippen LogP contribution in [0.4, 0.5) is 5.88 Å². The molecule has 0 unspecified atom stereocenters. The normalized spacial score (nSPS) is 14.9. The van der Waals surface area contributed by atoms with Gasteiger partial charge in [-0.05, 0) is 31.7 Å². The van der Waals surface area contributed by atoms with Gasteiger partial charge in [0.2, 0.25) is 5.88 Å². The smallest absolute Gasteiger partial charge is 0.228 e. The largest absolute Gasteiger partial charge is 0.354 e. The number of benzene rings is 1. The Kier molecular flexibility index (Phi) is 2.59. The lowest BCUT2D eigenvalue weighted by Gasteiger charge is -2.03. The molecule has 0 bridgehead atoms. The first-order chi connectivity index (χ1) is 8.36. The number of fused-ring (bicyclic) bond motifs is 1.